The Balaban J connectivity index is 1.59. The Bertz CT molecular complexity index is 1670. The summed E-state index contributed by atoms with van der Waals surface area (Å²) in [5.74, 6) is 3.10. The van der Waals surface area contributed by atoms with Gasteiger partial charge in [0.1, 0.15) is 18.5 Å². The molecule has 1 aromatic heterocycles. The maximum absolute atomic E-state index is 6.95. The van der Waals surface area contributed by atoms with Crippen LogP contribution in [0.5, 0.6) is 11.5 Å². The summed E-state index contributed by atoms with van der Waals surface area (Å²) in [4.78, 5) is 0. The lowest BCUT2D eigenvalue weighted by atomic mass is 9.84. The molecule has 0 bridgehead atoms. The average Bonchev–Trinajstić information content (AvgIpc) is 3.40. The van der Waals surface area contributed by atoms with Crippen LogP contribution in [0.4, 0.5) is 0 Å². The summed E-state index contributed by atoms with van der Waals surface area (Å²) in [6.07, 6.45) is 7.58. The molecule has 0 unspecified atom stereocenters. The summed E-state index contributed by atoms with van der Waals surface area (Å²) in [7, 11) is 2.17. The van der Waals surface area contributed by atoms with Gasteiger partial charge >= 0.3 is 0 Å². The molecular weight excluding hydrogens is 426 g/mol. The summed E-state index contributed by atoms with van der Waals surface area (Å²) in [5.41, 5.74) is 6.61. The zero-order chi connectivity index (χ0) is 23.8. The third-order valence-corrected chi connectivity index (χ3v) is 8.54. The second-order valence-electron chi connectivity index (χ2n) is 10.9. The van der Waals surface area contributed by atoms with E-state index < -0.39 is 0 Å². The molecule has 1 fully saturated rings. The molecule has 0 radical (unpaired) electrons. The molecule has 174 valence electrons. The van der Waals surface area contributed by atoms with Gasteiger partial charge in [0.2, 0.25) is 5.69 Å². The number of fused-ring (bicyclic) bond motifs is 5. The van der Waals surface area contributed by atoms with Crippen LogP contribution >= 0.6 is 0 Å². The highest BCUT2D eigenvalue weighted by atomic mass is 16.5. The summed E-state index contributed by atoms with van der Waals surface area (Å²) in [5, 5.41) is 7.76. The van der Waals surface area contributed by atoms with Gasteiger partial charge in [-0.15, -0.1) is 0 Å². The van der Waals surface area contributed by atoms with Crippen LogP contribution in [0.3, 0.4) is 0 Å². The molecule has 7 rings (SSSR count). The van der Waals surface area contributed by atoms with Crippen molar-refractivity contribution >= 4 is 32.3 Å². The lowest BCUT2D eigenvalue weighted by Gasteiger charge is -2.27. The number of aromatic nitrogens is 1. The van der Waals surface area contributed by atoms with Gasteiger partial charge in [-0.05, 0) is 70.3 Å². The lowest BCUT2D eigenvalue weighted by Crippen LogP contribution is -2.32. The normalized spacial score (nSPS) is 15.3. The molecule has 4 aromatic carbocycles. The van der Waals surface area contributed by atoms with Crippen LogP contribution in [-0.4, -0.2) is 0 Å². The zero-order valence-electron chi connectivity index (χ0n) is 21.1. The Labute approximate surface area is 207 Å². The second-order valence-corrected chi connectivity index (χ2v) is 10.9. The van der Waals surface area contributed by atoms with E-state index in [0.29, 0.717) is 11.8 Å². The SMILES string of the molecule is Cc1c2c(c(C(C)C)c3ccccc13)Oc1cc3cc(C4CCCC4)ccc3c3cc[n+](C)c-2c13. The standard InChI is InChI=1S/C33H32NO/c1-19(2)29-26-12-8-7-11-24(26)20(3)30-32-31-27(15-16-34(32)4)25-14-13-22(21-9-5-6-10-21)17-23(25)18-28(31)35-33(29)30/h7-8,11-19,21H,5-6,9-10H2,1-4H3/q+1. The van der Waals surface area contributed by atoms with Crippen LogP contribution in [0, 0.1) is 6.92 Å². The van der Waals surface area contributed by atoms with Gasteiger partial charge in [-0.25, -0.2) is 4.57 Å². The summed E-state index contributed by atoms with van der Waals surface area (Å²) < 4.78 is 9.24. The first-order chi connectivity index (χ1) is 17.0. The highest BCUT2D eigenvalue weighted by Gasteiger charge is 2.34. The van der Waals surface area contributed by atoms with E-state index in [9.17, 15) is 0 Å². The van der Waals surface area contributed by atoms with Crippen LogP contribution in [0.15, 0.2) is 60.8 Å². The maximum Gasteiger partial charge on any atom is 0.228 e. The zero-order valence-corrected chi connectivity index (χ0v) is 21.1. The number of aryl methyl sites for hydroxylation is 2. The first-order valence-electron chi connectivity index (χ1n) is 13.2. The minimum Gasteiger partial charge on any atom is -0.455 e. The molecule has 0 N–H and O–H groups in total. The van der Waals surface area contributed by atoms with Gasteiger partial charge in [0.05, 0.1) is 10.9 Å². The van der Waals surface area contributed by atoms with E-state index in [2.05, 4.69) is 93.2 Å². The fourth-order valence-electron chi connectivity index (χ4n) is 6.86. The smallest absolute Gasteiger partial charge is 0.228 e. The summed E-state index contributed by atoms with van der Waals surface area (Å²) in [6.45, 7) is 6.82. The molecule has 2 aliphatic rings. The number of rotatable bonds is 2. The van der Waals surface area contributed by atoms with E-state index in [4.69, 9.17) is 4.74 Å². The number of ether oxygens (including phenoxy) is 1. The van der Waals surface area contributed by atoms with E-state index in [1.807, 2.05) is 0 Å². The van der Waals surface area contributed by atoms with Crippen LogP contribution < -0.4 is 9.30 Å². The minimum absolute atomic E-state index is 0.356. The quantitative estimate of drug-likeness (QED) is 0.187. The average molecular weight is 459 g/mol. The largest absolute Gasteiger partial charge is 0.455 e. The van der Waals surface area contributed by atoms with Crippen LogP contribution in [0.25, 0.3) is 43.6 Å². The molecule has 0 spiro atoms. The van der Waals surface area contributed by atoms with Crippen LogP contribution in [-0.2, 0) is 7.05 Å². The van der Waals surface area contributed by atoms with Crippen molar-refractivity contribution in [3.8, 4) is 22.8 Å². The van der Waals surface area contributed by atoms with Gasteiger partial charge in [-0.2, -0.15) is 0 Å². The third-order valence-electron chi connectivity index (χ3n) is 8.54. The number of hydrogen-bond donors (Lipinski definition) is 0. The monoisotopic (exact) mass is 458 g/mol. The molecule has 0 atom stereocenters. The Hall–Kier alpha value is -3.39. The summed E-state index contributed by atoms with van der Waals surface area (Å²) >= 11 is 0. The van der Waals surface area contributed by atoms with Crippen molar-refractivity contribution in [1.82, 2.24) is 0 Å². The number of benzene rings is 4. The fourth-order valence-corrected chi connectivity index (χ4v) is 6.86. The highest BCUT2D eigenvalue weighted by Crippen LogP contribution is 2.53. The van der Waals surface area contributed by atoms with E-state index >= 15 is 0 Å². The van der Waals surface area contributed by atoms with Crippen molar-refractivity contribution < 1.29 is 9.30 Å². The van der Waals surface area contributed by atoms with Crippen molar-refractivity contribution in [3.05, 3.63) is 77.5 Å². The van der Waals surface area contributed by atoms with Gasteiger partial charge in [0.25, 0.3) is 0 Å². The Morgan fingerprint density at radius 2 is 1.66 bits per heavy atom. The Morgan fingerprint density at radius 1 is 0.886 bits per heavy atom. The first-order valence-corrected chi connectivity index (χ1v) is 13.2. The number of pyridine rings is 1. The molecular formula is C33H32NO+. The molecule has 0 saturated heterocycles. The highest BCUT2D eigenvalue weighted by molar-refractivity contribution is 6.16. The van der Waals surface area contributed by atoms with E-state index in [1.54, 1.807) is 0 Å². The summed E-state index contributed by atoms with van der Waals surface area (Å²) in [6, 6.07) is 20.6. The maximum atomic E-state index is 6.95. The molecule has 1 aliphatic heterocycles. The molecule has 1 aliphatic carbocycles. The fraction of sp³-hybridized carbons (Fsp3) is 0.303. The van der Waals surface area contributed by atoms with Gasteiger partial charge < -0.3 is 4.74 Å². The first kappa shape index (κ1) is 20.9. The molecule has 2 nitrogen and oxygen atoms in total. The van der Waals surface area contributed by atoms with Crippen LogP contribution in [0.1, 0.15) is 68.1 Å². The van der Waals surface area contributed by atoms with E-state index in [0.717, 1.165) is 11.5 Å². The minimum atomic E-state index is 0.356. The van der Waals surface area contributed by atoms with Gasteiger partial charge in [0, 0.05) is 17.0 Å². The van der Waals surface area contributed by atoms with Crippen molar-refractivity contribution in [2.75, 3.05) is 0 Å². The topological polar surface area (TPSA) is 13.1 Å². The molecule has 2 heterocycles. The lowest BCUT2D eigenvalue weighted by molar-refractivity contribution is -0.659. The molecule has 2 heteroatoms. The van der Waals surface area contributed by atoms with E-state index in [-0.39, 0.29) is 0 Å². The predicted molar refractivity (Wildman–Crippen MR) is 146 cm³/mol. The second kappa shape index (κ2) is 7.55. The van der Waals surface area contributed by atoms with Gasteiger partial charge in [-0.3, -0.25) is 0 Å². The van der Waals surface area contributed by atoms with Crippen molar-refractivity contribution in [3.63, 3.8) is 0 Å². The van der Waals surface area contributed by atoms with Gasteiger partial charge in [0.15, 0.2) is 6.20 Å². The number of hydrogen-bond acceptors (Lipinski definition) is 1. The predicted octanol–water partition coefficient (Wildman–Crippen LogP) is 8.83. The van der Waals surface area contributed by atoms with E-state index in [1.165, 1.54) is 85.9 Å². The van der Waals surface area contributed by atoms with Crippen LogP contribution in [0.2, 0.25) is 0 Å². The van der Waals surface area contributed by atoms with Crippen molar-refractivity contribution in [2.45, 2.75) is 58.3 Å². The Morgan fingerprint density at radius 3 is 2.43 bits per heavy atom. The molecule has 35 heavy (non-hydrogen) atoms. The third kappa shape index (κ3) is 2.92. The molecule has 0 amide bonds. The Kier molecular flexibility index (Phi) is 4.52. The van der Waals surface area contributed by atoms with Gasteiger partial charge in [-0.1, -0.05) is 69.2 Å². The molecule has 1 saturated carbocycles. The van der Waals surface area contributed by atoms with Crippen molar-refractivity contribution in [2.24, 2.45) is 7.05 Å². The molecule has 5 aromatic rings. The van der Waals surface area contributed by atoms with Crippen molar-refractivity contribution in [1.29, 1.82) is 0 Å². The number of nitrogens with zero attached hydrogens (tertiary/aromatic N) is 1.